The number of aromatic nitrogens is 3. The summed E-state index contributed by atoms with van der Waals surface area (Å²) in [6.45, 7) is 0.166. The van der Waals surface area contributed by atoms with Crippen LogP contribution >= 0.6 is 0 Å². The van der Waals surface area contributed by atoms with Crippen LogP contribution < -0.4 is 4.74 Å². The fourth-order valence-corrected chi connectivity index (χ4v) is 2.56. The van der Waals surface area contributed by atoms with E-state index in [1.807, 2.05) is 0 Å². The largest absolute Gasteiger partial charge is 0.505 e. The Balaban J connectivity index is 1.58. The average molecular weight is 353 g/mol. The standard InChI is InChI=1S/C19H13F2N3O2/c20-14-2-1-3-16(7-14)26-11-15-10-24-9-13(8-22-19(24)23-15)12-4-5-17(21)18(25)6-12/h1-10,25H,11H2. The summed E-state index contributed by atoms with van der Waals surface area (Å²) in [5.74, 6) is -0.582. The number of halogens is 2. The van der Waals surface area contributed by atoms with Crippen LogP contribution in [0.5, 0.6) is 11.5 Å². The van der Waals surface area contributed by atoms with E-state index in [-0.39, 0.29) is 12.4 Å². The molecule has 0 atom stereocenters. The maximum Gasteiger partial charge on any atom is 0.234 e. The Bertz CT molecular complexity index is 1100. The Morgan fingerprint density at radius 2 is 1.92 bits per heavy atom. The number of hydrogen-bond acceptors (Lipinski definition) is 4. The van der Waals surface area contributed by atoms with Crippen LogP contribution in [0, 0.1) is 11.6 Å². The van der Waals surface area contributed by atoms with Crippen molar-refractivity contribution in [2.45, 2.75) is 6.61 Å². The van der Waals surface area contributed by atoms with Gasteiger partial charge >= 0.3 is 0 Å². The van der Waals surface area contributed by atoms with Gasteiger partial charge in [-0.05, 0) is 29.8 Å². The quantitative estimate of drug-likeness (QED) is 0.603. The highest BCUT2D eigenvalue weighted by Gasteiger charge is 2.08. The van der Waals surface area contributed by atoms with E-state index in [1.54, 1.807) is 41.2 Å². The van der Waals surface area contributed by atoms with Gasteiger partial charge in [0.2, 0.25) is 5.78 Å². The van der Waals surface area contributed by atoms with E-state index in [9.17, 15) is 13.9 Å². The lowest BCUT2D eigenvalue weighted by Gasteiger charge is -2.03. The van der Waals surface area contributed by atoms with Crippen LogP contribution in [0.15, 0.2) is 61.1 Å². The van der Waals surface area contributed by atoms with E-state index < -0.39 is 11.6 Å². The Morgan fingerprint density at radius 1 is 1.04 bits per heavy atom. The monoisotopic (exact) mass is 353 g/mol. The Morgan fingerprint density at radius 3 is 2.73 bits per heavy atom. The second kappa shape index (κ2) is 6.44. The van der Waals surface area contributed by atoms with Crippen molar-refractivity contribution in [3.05, 3.63) is 78.4 Å². The Labute approximate surface area is 147 Å². The number of benzene rings is 2. The van der Waals surface area contributed by atoms with Gasteiger partial charge in [0.25, 0.3) is 0 Å². The van der Waals surface area contributed by atoms with Gasteiger partial charge in [-0.2, -0.15) is 0 Å². The lowest BCUT2D eigenvalue weighted by molar-refractivity contribution is 0.300. The van der Waals surface area contributed by atoms with Crippen LogP contribution in [0.2, 0.25) is 0 Å². The maximum absolute atomic E-state index is 13.2. The fraction of sp³-hybridized carbons (Fsp3) is 0.0526. The summed E-state index contributed by atoms with van der Waals surface area (Å²) in [5.41, 5.74) is 1.95. The SMILES string of the molecule is Oc1cc(-c2cnc3nc(COc4cccc(F)c4)cn3c2)ccc1F. The highest BCUT2D eigenvalue weighted by molar-refractivity contribution is 5.64. The minimum absolute atomic E-state index is 0.166. The lowest BCUT2D eigenvalue weighted by atomic mass is 10.1. The smallest absolute Gasteiger partial charge is 0.234 e. The molecule has 2 heterocycles. The second-order valence-electron chi connectivity index (χ2n) is 5.69. The summed E-state index contributed by atoms with van der Waals surface area (Å²) < 4.78 is 33.6. The van der Waals surface area contributed by atoms with Gasteiger partial charge in [0.15, 0.2) is 11.6 Å². The molecule has 0 fully saturated rings. The molecule has 0 aliphatic carbocycles. The van der Waals surface area contributed by atoms with E-state index >= 15 is 0 Å². The number of ether oxygens (including phenoxy) is 1. The van der Waals surface area contributed by atoms with E-state index in [4.69, 9.17) is 4.74 Å². The molecule has 0 aliphatic rings. The molecule has 0 saturated carbocycles. The summed E-state index contributed by atoms with van der Waals surface area (Å²) in [7, 11) is 0. The molecule has 4 aromatic rings. The molecule has 2 aromatic carbocycles. The predicted molar refractivity (Wildman–Crippen MR) is 90.8 cm³/mol. The number of hydrogen-bond donors (Lipinski definition) is 1. The zero-order valence-electron chi connectivity index (χ0n) is 13.4. The number of nitrogens with zero attached hydrogens (tertiary/aromatic N) is 3. The van der Waals surface area contributed by atoms with Crippen molar-refractivity contribution in [1.82, 2.24) is 14.4 Å². The van der Waals surface area contributed by atoms with Gasteiger partial charge in [0, 0.05) is 30.2 Å². The van der Waals surface area contributed by atoms with Crippen LogP contribution in [0.4, 0.5) is 8.78 Å². The maximum atomic E-state index is 13.2. The first-order chi connectivity index (χ1) is 12.6. The molecule has 0 bridgehead atoms. The molecule has 26 heavy (non-hydrogen) atoms. The second-order valence-corrected chi connectivity index (χ2v) is 5.69. The van der Waals surface area contributed by atoms with Gasteiger partial charge in [-0.25, -0.2) is 18.7 Å². The van der Waals surface area contributed by atoms with Crippen LogP contribution in [0.1, 0.15) is 5.69 Å². The van der Waals surface area contributed by atoms with Crippen LogP contribution in [0.25, 0.3) is 16.9 Å². The van der Waals surface area contributed by atoms with E-state index in [0.29, 0.717) is 28.3 Å². The predicted octanol–water partition coefficient (Wildman–Crippen LogP) is 3.96. The molecule has 5 nitrogen and oxygen atoms in total. The summed E-state index contributed by atoms with van der Waals surface area (Å²) in [6.07, 6.45) is 5.11. The van der Waals surface area contributed by atoms with Gasteiger partial charge in [0.05, 0.1) is 5.69 Å². The molecule has 7 heteroatoms. The lowest BCUT2D eigenvalue weighted by Crippen LogP contribution is -1.95. The third-order valence-electron chi connectivity index (χ3n) is 3.82. The van der Waals surface area contributed by atoms with Crippen molar-refractivity contribution >= 4 is 5.78 Å². The number of fused-ring (bicyclic) bond motifs is 1. The number of imidazole rings is 1. The Kier molecular flexibility index (Phi) is 3.96. The first kappa shape index (κ1) is 16.0. The van der Waals surface area contributed by atoms with Crippen molar-refractivity contribution in [2.75, 3.05) is 0 Å². The van der Waals surface area contributed by atoms with Crippen molar-refractivity contribution in [3.8, 4) is 22.6 Å². The third-order valence-corrected chi connectivity index (χ3v) is 3.82. The summed E-state index contributed by atoms with van der Waals surface area (Å²) in [6, 6.07) is 9.97. The molecular formula is C19H13F2N3O2. The van der Waals surface area contributed by atoms with Gasteiger partial charge in [-0.15, -0.1) is 0 Å². The first-order valence-electron chi connectivity index (χ1n) is 7.79. The van der Waals surface area contributed by atoms with Gasteiger partial charge < -0.3 is 9.84 Å². The minimum atomic E-state index is -0.679. The molecular weight excluding hydrogens is 340 g/mol. The van der Waals surface area contributed by atoms with Crippen LogP contribution in [-0.2, 0) is 6.61 Å². The first-order valence-corrected chi connectivity index (χ1v) is 7.79. The topological polar surface area (TPSA) is 59.7 Å². The molecule has 4 rings (SSSR count). The van der Waals surface area contributed by atoms with Crippen LogP contribution in [0.3, 0.4) is 0 Å². The van der Waals surface area contributed by atoms with E-state index in [0.717, 1.165) is 0 Å². The summed E-state index contributed by atoms with van der Waals surface area (Å²) in [4.78, 5) is 8.60. The van der Waals surface area contributed by atoms with E-state index in [2.05, 4.69) is 9.97 Å². The molecule has 2 aromatic heterocycles. The molecule has 130 valence electrons. The number of phenolic OH excluding ortho intramolecular Hbond substituents is 1. The Hall–Kier alpha value is -3.48. The highest BCUT2D eigenvalue weighted by atomic mass is 19.1. The van der Waals surface area contributed by atoms with Crippen molar-refractivity contribution in [3.63, 3.8) is 0 Å². The van der Waals surface area contributed by atoms with E-state index in [1.165, 1.54) is 24.3 Å². The summed E-state index contributed by atoms with van der Waals surface area (Å²) >= 11 is 0. The van der Waals surface area contributed by atoms with Gasteiger partial charge in [-0.3, -0.25) is 4.40 Å². The normalized spacial score (nSPS) is 11.0. The van der Waals surface area contributed by atoms with Crippen molar-refractivity contribution in [1.29, 1.82) is 0 Å². The zero-order chi connectivity index (χ0) is 18.1. The number of phenols is 1. The molecule has 0 aliphatic heterocycles. The van der Waals surface area contributed by atoms with Gasteiger partial charge in [0.1, 0.15) is 18.2 Å². The van der Waals surface area contributed by atoms with Crippen molar-refractivity contribution < 1.29 is 18.6 Å². The molecule has 0 unspecified atom stereocenters. The number of rotatable bonds is 4. The summed E-state index contributed by atoms with van der Waals surface area (Å²) in [5, 5.41) is 9.52. The molecule has 0 radical (unpaired) electrons. The molecule has 1 N–H and O–H groups in total. The fourth-order valence-electron chi connectivity index (χ4n) is 2.56. The van der Waals surface area contributed by atoms with Crippen molar-refractivity contribution in [2.24, 2.45) is 0 Å². The minimum Gasteiger partial charge on any atom is -0.505 e. The zero-order valence-corrected chi connectivity index (χ0v) is 13.4. The molecule has 0 spiro atoms. The average Bonchev–Trinajstić information content (AvgIpc) is 3.04. The number of aromatic hydroxyl groups is 1. The van der Waals surface area contributed by atoms with Gasteiger partial charge in [-0.1, -0.05) is 12.1 Å². The van der Waals surface area contributed by atoms with Crippen LogP contribution in [-0.4, -0.2) is 19.5 Å². The molecule has 0 saturated heterocycles. The third kappa shape index (κ3) is 3.19. The molecule has 0 amide bonds. The highest BCUT2D eigenvalue weighted by Crippen LogP contribution is 2.25.